The molecule has 0 bridgehead atoms. The number of nitrogens with zero attached hydrogens (tertiary/aromatic N) is 2. The first-order valence-electron chi connectivity index (χ1n) is 8.05. The van der Waals surface area contributed by atoms with Gasteiger partial charge in [-0.15, -0.1) is 0 Å². The predicted molar refractivity (Wildman–Crippen MR) is 84.3 cm³/mol. The molecule has 6 heteroatoms. The van der Waals surface area contributed by atoms with E-state index in [2.05, 4.69) is 0 Å². The van der Waals surface area contributed by atoms with Crippen LogP contribution in [-0.4, -0.2) is 60.7 Å². The Labute approximate surface area is 136 Å². The second-order valence-corrected chi connectivity index (χ2v) is 5.97. The molecule has 6 nitrogen and oxygen atoms in total. The average Bonchev–Trinajstić information content (AvgIpc) is 3.00. The Morgan fingerprint density at radius 2 is 2.00 bits per heavy atom. The van der Waals surface area contributed by atoms with Crippen LogP contribution in [0.3, 0.4) is 0 Å². The fraction of sp³-hybridized carbons (Fsp3) is 0.529. The molecule has 0 aromatic heterocycles. The van der Waals surface area contributed by atoms with Crippen LogP contribution in [0.2, 0.25) is 0 Å². The fourth-order valence-corrected chi connectivity index (χ4v) is 3.11. The average molecular weight is 318 g/mol. The molecule has 0 N–H and O–H groups in total. The molecule has 2 amide bonds. The summed E-state index contributed by atoms with van der Waals surface area (Å²) in [6.07, 6.45) is 1.37. The van der Waals surface area contributed by atoms with Crippen molar-refractivity contribution in [3.63, 3.8) is 0 Å². The number of likely N-dealkylation sites (tertiary alicyclic amines) is 1. The van der Waals surface area contributed by atoms with E-state index in [0.717, 1.165) is 24.2 Å². The number of amides is 2. The van der Waals surface area contributed by atoms with Gasteiger partial charge in [0.05, 0.1) is 6.54 Å². The summed E-state index contributed by atoms with van der Waals surface area (Å²) in [5.74, 6) is 0.742. The number of carbonyl (C=O) groups is 2. The van der Waals surface area contributed by atoms with Crippen LogP contribution < -0.4 is 4.74 Å². The number of carbonyl (C=O) groups excluding carboxylic acids is 2. The molecule has 1 aromatic carbocycles. The number of hydrogen-bond acceptors (Lipinski definition) is 4. The number of para-hydroxylation sites is 1. The Kier molecular flexibility index (Phi) is 4.69. The Bertz CT molecular complexity index is 582. The molecule has 23 heavy (non-hydrogen) atoms. The van der Waals surface area contributed by atoms with Crippen LogP contribution in [0.1, 0.15) is 18.4 Å². The maximum absolute atomic E-state index is 12.3. The maximum Gasteiger partial charge on any atom is 0.410 e. The topological polar surface area (TPSA) is 59.1 Å². The van der Waals surface area contributed by atoms with E-state index >= 15 is 0 Å². The first-order chi connectivity index (χ1) is 11.1. The Morgan fingerprint density at radius 1 is 1.26 bits per heavy atom. The number of aryl methyl sites for hydroxylation is 1. The Balaban J connectivity index is 1.47. The van der Waals surface area contributed by atoms with Gasteiger partial charge in [-0.05, 0) is 31.4 Å². The second-order valence-electron chi connectivity index (χ2n) is 5.97. The summed E-state index contributed by atoms with van der Waals surface area (Å²) in [7, 11) is 0. The van der Waals surface area contributed by atoms with Crippen molar-refractivity contribution in [2.45, 2.75) is 25.8 Å². The molecule has 0 aliphatic carbocycles. The first-order valence-corrected chi connectivity index (χ1v) is 8.05. The number of ether oxygens (including phenoxy) is 2. The van der Waals surface area contributed by atoms with Crippen molar-refractivity contribution >= 4 is 12.0 Å². The lowest BCUT2D eigenvalue weighted by Crippen LogP contribution is -2.48. The third-order valence-electron chi connectivity index (χ3n) is 4.49. The highest BCUT2D eigenvalue weighted by molar-refractivity contribution is 5.78. The van der Waals surface area contributed by atoms with Crippen molar-refractivity contribution in [1.29, 1.82) is 0 Å². The zero-order chi connectivity index (χ0) is 16.2. The highest BCUT2D eigenvalue weighted by Crippen LogP contribution is 2.21. The minimum atomic E-state index is -0.224. The van der Waals surface area contributed by atoms with E-state index in [-0.39, 0.29) is 24.6 Å². The highest BCUT2D eigenvalue weighted by Gasteiger charge is 2.33. The van der Waals surface area contributed by atoms with Crippen molar-refractivity contribution in [2.75, 3.05) is 32.8 Å². The number of hydrogen-bond donors (Lipinski definition) is 0. The molecule has 0 saturated carbocycles. The first kappa shape index (κ1) is 15.6. The second kappa shape index (κ2) is 6.89. The van der Waals surface area contributed by atoms with E-state index in [1.165, 1.54) is 0 Å². The van der Waals surface area contributed by atoms with E-state index in [0.29, 0.717) is 26.2 Å². The molecule has 2 fully saturated rings. The number of cyclic esters (lactones) is 1. The van der Waals surface area contributed by atoms with Crippen molar-refractivity contribution in [1.82, 2.24) is 9.80 Å². The minimum absolute atomic E-state index is 0.00398. The maximum atomic E-state index is 12.3. The molecular formula is C17H22N2O4. The lowest BCUT2D eigenvalue weighted by atomic mass is 10.0. The van der Waals surface area contributed by atoms with Gasteiger partial charge in [0.1, 0.15) is 12.4 Å². The van der Waals surface area contributed by atoms with Gasteiger partial charge in [-0.1, -0.05) is 18.2 Å². The van der Waals surface area contributed by atoms with Crippen molar-refractivity contribution in [3.8, 4) is 5.75 Å². The largest absolute Gasteiger partial charge is 0.484 e. The zero-order valence-corrected chi connectivity index (χ0v) is 13.4. The van der Waals surface area contributed by atoms with Gasteiger partial charge in [0, 0.05) is 19.1 Å². The highest BCUT2D eigenvalue weighted by atomic mass is 16.6. The quantitative estimate of drug-likeness (QED) is 0.849. The fourth-order valence-electron chi connectivity index (χ4n) is 3.11. The van der Waals surface area contributed by atoms with E-state index in [1.807, 2.05) is 36.1 Å². The summed E-state index contributed by atoms with van der Waals surface area (Å²) in [4.78, 5) is 27.5. The third kappa shape index (κ3) is 3.57. The summed E-state index contributed by atoms with van der Waals surface area (Å²) < 4.78 is 10.6. The number of benzene rings is 1. The lowest BCUT2D eigenvalue weighted by molar-refractivity contribution is -0.134. The summed E-state index contributed by atoms with van der Waals surface area (Å²) in [6.45, 7) is 4.46. The molecule has 2 saturated heterocycles. The van der Waals surface area contributed by atoms with Crippen LogP contribution in [-0.2, 0) is 9.53 Å². The number of rotatable bonds is 4. The van der Waals surface area contributed by atoms with Gasteiger partial charge in [0.15, 0.2) is 6.61 Å². The molecule has 2 heterocycles. The van der Waals surface area contributed by atoms with Crippen LogP contribution >= 0.6 is 0 Å². The van der Waals surface area contributed by atoms with E-state index in [1.54, 1.807) is 4.90 Å². The Morgan fingerprint density at radius 3 is 2.65 bits per heavy atom. The smallest absolute Gasteiger partial charge is 0.410 e. The molecule has 0 unspecified atom stereocenters. The standard InChI is InChI=1S/C17H22N2O4/c1-13-4-2-3-5-15(13)23-12-16(20)18-8-6-14(7-9-18)19-10-11-22-17(19)21/h2-5,14H,6-12H2,1H3. The van der Waals surface area contributed by atoms with Gasteiger partial charge in [-0.2, -0.15) is 0 Å². The van der Waals surface area contributed by atoms with E-state index in [4.69, 9.17) is 9.47 Å². The third-order valence-corrected chi connectivity index (χ3v) is 4.49. The molecule has 2 aliphatic rings. The Hall–Kier alpha value is -2.24. The minimum Gasteiger partial charge on any atom is -0.484 e. The molecule has 3 rings (SSSR count). The molecule has 2 aliphatic heterocycles. The predicted octanol–water partition coefficient (Wildman–Crippen LogP) is 1.82. The van der Waals surface area contributed by atoms with Crippen molar-refractivity contribution in [3.05, 3.63) is 29.8 Å². The molecule has 1 aromatic rings. The van der Waals surface area contributed by atoms with Gasteiger partial charge < -0.3 is 19.3 Å². The monoisotopic (exact) mass is 318 g/mol. The van der Waals surface area contributed by atoms with Crippen LogP contribution in [0.15, 0.2) is 24.3 Å². The van der Waals surface area contributed by atoms with E-state index in [9.17, 15) is 9.59 Å². The van der Waals surface area contributed by atoms with Gasteiger partial charge in [-0.25, -0.2) is 4.79 Å². The number of piperidine rings is 1. The summed E-state index contributed by atoms with van der Waals surface area (Å²) in [6, 6.07) is 7.85. The lowest BCUT2D eigenvalue weighted by Gasteiger charge is -2.35. The van der Waals surface area contributed by atoms with Gasteiger partial charge in [0.25, 0.3) is 5.91 Å². The molecule has 0 spiro atoms. The normalized spacial score (nSPS) is 18.9. The van der Waals surface area contributed by atoms with Gasteiger partial charge >= 0.3 is 6.09 Å². The molecule has 0 atom stereocenters. The molecule has 0 radical (unpaired) electrons. The van der Waals surface area contributed by atoms with Gasteiger partial charge in [0.2, 0.25) is 0 Å². The van der Waals surface area contributed by atoms with E-state index < -0.39 is 0 Å². The van der Waals surface area contributed by atoms with Crippen LogP contribution in [0, 0.1) is 6.92 Å². The van der Waals surface area contributed by atoms with Crippen LogP contribution in [0.4, 0.5) is 4.79 Å². The molecule has 124 valence electrons. The zero-order valence-electron chi connectivity index (χ0n) is 13.4. The molecular weight excluding hydrogens is 296 g/mol. The SMILES string of the molecule is Cc1ccccc1OCC(=O)N1CCC(N2CCOC2=O)CC1. The summed E-state index contributed by atoms with van der Waals surface area (Å²) >= 11 is 0. The van der Waals surface area contributed by atoms with Crippen LogP contribution in [0.25, 0.3) is 0 Å². The van der Waals surface area contributed by atoms with Crippen molar-refractivity contribution < 1.29 is 19.1 Å². The summed E-state index contributed by atoms with van der Waals surface area (Å²) in [5.41, 5.74) is 1.02. The van der Waals surface area contributed by atoms with Gasteiger partial charge in [-0.3, -0.25) is 4.79 Å². The summed E-state index contributed by atoms with van der Waals surface area (Å²) in [5, 5.41) is 0. The van der Waals surface area contributed by atoms with Crippen molar-refractivity contribution in [2.24, 2.45) is 0 Å². The van der Waals surface area contributed by atoms with Crippen LogP contribution in [0.5, 0.6) is 5.75 Å².